The highest BCUT2D eigenvalue weighted by Crippen LogP contribution is 2.34. The molecule has 1 atom stereocenters. The Labute approximate surface area is 194 Å². The minimum atomic E-state index is -0.788. The van der Waals surface area contributed by atoms with E-state index in [0.29, 0.717) is 0 Å². The van der Waals surface area contributed by atoms with Crippen molar-refractivity contribution in [2.75, 3.05) is 0 Å². The molecule has 0 fully saturated rings. The molecule has 1 aliphatic rings. The van der Waals surface area contributed by atoms with E-state index < -0.39 is 5.60 Å². The normalized spacial score (nSPS) is 14.8. The third kappa shape index (κ3) is 4.73. The number of fused-ring (bicyclic) bond motifs is 1. The van der Waals surface area contributed by atoms with Gasteiger partial charge in [0.2, 0.25) is 0 Å². The Morgan fingerprint density at radius 3 is 2.62 bits per heavy atom. The van der Waals surface area contributed by atoms with Gasteiger partial charge < -0.3 is 5.11 Å². The van der Waals surface area contributed by atoms with Crippen molar-refractivity contribution >= 4 is 11.6 Å². The topological polar surface area (TPSA) is 46.0 Å². The molecule has 1 N–H and O–H groups in total. The highest BCUT2D eigenvalue weighted by Gasteiger charge is 2.22. The molecule has 3 nitrogen and oxygen atoms in total. The van der Waals surface area contributed by atoms with E-state index in [4.69, 9.17) is 4.98 Å². The molecule has 0 spiro atoms. The Morgan fingerprint density at radius 2 is 1.94 bits per heavy atom. The second kappa shape index (κ2) is 9.22. The van der Waals surface area contributed by atoms with Crippen LogP contribution in [-0.2, 0) is 12.0 Å². The van der Waals surface area contributed by atoms with Crippen molar-refractivity contribution in [3.63, 3.8) is 0 Å². The van der Waals surface area contributed by atoms with E-state index in [1.807, 2.05) is 26.1 Å². The maximum atomic E-state index is 10.8. The van der Waals surface area contributed by atoms with Gasteiger partial charge in [0.15, 0.2) is 0 Å². The molecule has 0 radical (unpaired) electrons. The first kappa shape index (κ1) is 22.2. The molecule has 1 unspecified atom stereocenters. The number of pyridine rings is 2. The number of aliphatic hydroxyl groups is 1. The summed E-state index contributed by atoms with van der Waals surface area (Å²) in [6.45, 7) is 10.4. The second-order valence-corrected chi connectivity index (χ2v) is 9.07. The zero-order valence-corrected chi connectivity index (χ0v) is 19.4. The second-order valence-electron chi connectivity index (χ2n) is 9.07. The third-order valence-electron chi connectivity index (χ3n) is 6.31. The molecule has 0 saturated carbocycles. The number of rotatable bonds is 7. The molecule has 0 amide bonds. The minimum absolute atomic E-state index is 0. The van der Waals surface area contributed by atoms with E-state index in [1.54, 1.807) is 0 Å². The van der Waals surface area contributed by atoms with E-state index in [-0.39, 0.29) is 2.85 Å². The highest BCUT2D eigenvalue weighted by atomic mass is 16.3. The lowest BCUT2D eigenvalue weighted by Gasteiger charge is -2.24. The molecule has 2 heterocycles. The van der Waals surface area contributed by atoms with Gasteiger partial charge >= 0.3 is 0 Å². The quantitative estimate of drug-likeness (QED) is 0.427. The van der Waals surface area contributed by atoms with Crippen LogP contribution in [0.25, 0.3) is 22.9 Å². The molecule has 1 aromatic carbocycles. The van der Waals surface area contributed by atoms with Gasteiger partial charge in [-0.3, -0.25) is 9.97 Å². The van der Waals surface area contributed by atoms with Crippen LogP contribution in [0.4, 0.5) is 0 Å². The zero-order chi connectivity index (χ0) is 22.7. The molecule has 4 rings (SSSR count). The first-order chi connectivity index (χ1) is 15.4. The number of aryl methyl sites for hydroxylation is 1. The SMILES string of the molecule is C=C1CC=Cc2cc(-c3ccc(C)nc3)nc(Cc3ccc(C(C)(O)CCCC)cc3)c21.[HH].[HH]. The van der Waals surface area contributed by atoms with Crippen LogP contribution in [0.15, 0.2) is 61.3 Å². The first-order valence-electron chi connectivity index (χ1n) is 11.5. The summed E-state index contributed by atoms with van der Waals surface area (Å²) in [7, 11) is 0. The van der Waals surface area contributed by atoms with E-state index in [9.17, 15) is 5.11 Å². The predicted octanol–water partition coefficient (Wildman–Crippen LogP) is 7.36. The van der Waals surface area contributed by atoms with Gasteiger partial charge in [0.05, 0.1) is 17.0 Å². The Balaban J connectivity index is 0.00000204. The average Bonchev–Trinajstić information content (AvgIpc) is 2.78. The van der Waals surface area contributed by atoms with E-state index in [1.165, 1.54) is 11.1 Å². The fraction of sp³-hybridized carbons (Fsp3) is 0.310. The van der Waals surface area contributed by atoms with Crippen molar-refractivity contribution < 1.29 is 7.96 Å². The maximum Gasteiger partial charge on any atom is 0.0868 e. The number of benzene rings is 1. The molecular weight excluding hydrogens is 392 g/mol. The Hall–Kier alpha value is -3.04. The van der Waals surface area contributed by atoms with Crippen LogP contribution >= 0.6 is 0 Å². The monoisotopic (exact) mass is 428 g/mol. The number of aromatic nitrogens is 2. The van der Waals surface area contributed by atoms with Crippen molar-refractivity contribution in [1.82, 2.24) is 9.97 Å². The van der Waals surface area contributed by atoms with Gasteiger partial charge in [0.1, 0.15) is 0 Å². The molecule has 3 heteroatoms. The van der Waals surface area contributed by atoms with Crippen molar-refractivity contribution in [2.45, 2.75) is 58.5 Å². The first-order valence-corrected chi connectivity index (χ1v) is 11.5. The third-order valence-corrected chi connectivity index (χ3v) is 6.31. The van der Waals surface area contributed by atoms with Gasteiger partial charge in [0, 0.05) is 32.3 Å². The van der Waals surface area contributed by atoms with Gasteiger partial charge in [-0.15, -0.1) is 0 Å². The minimum Gasteiger partial charge on any atom is -0.385 e. The predicted molar refractivity (Wildman–Crippen MR) is 137 cm³/mol. The van der Waals surface area contributed by atoms with E-state index in [0.717, 1.165) is 71.4 Å². The largest absolute Gasteiger partial charge is 0.385 e. The number of nitrogens with zero attached hydrogens (tertiary/aromatic N) is 2. The standard InChI is InChI=1S/C29H32N2O.2H2/c1-5-6-16-29(4,32)25-14-11-22(12-15-25)17-27-28-20(2)8-7-9-23(28)18-26(31-27)24-13-10-21(3)30-19-24;;/h7,9-15,18-19,32H,2,5-6,8,16-17H2,1,3-4H3;2*1H. The van der Waals surface area contributed by atoms with Gasteiger partial charge in [-0.25, -0.2) is 0 Å². The maximum absolute atomic E-state index is 10.8. The van der Waals surface area contributed by atoms with Crippen LogP contribution in [0.3, 0.4) is 0 Å². The molecule has 32 heavy (non-hydrogen) atoms. The van der Waals surface area contributed by atoms with E-state index in [2.05, 4.69) is 67.0 Å². The molecule has 0 aliphatic heterocycles. The number of hydrogen-bond acceptors (Lipinski definition) is 3. The van der Waals surface area contributed by atoms with Gasteiger partial charge in [-0.2, -0.15) is 0 Å². The van der Waals surface area contributed by atoms with Crippen LogP contribution in [0.2, 0.25) is 0 Å². The van der Waals surface area contributed by atoms with Crippen LogP contribution in [0.1, 0.15) is 76.0 Å². The van der Waals surface area contributed by atoms with Crippen LogP contribution in [0, 0.1) is 6.92 Å². The lowest BCUT2D eigenvalue weighted by molar-refractivity contribution is 0.0453. The summed E-state index contributed by atoms with van der Waals surface area (Å²) in [6, 6.07) is 14.6. The lowest BCUT2D eigenvalue weighted by Crippen LogP contribution is -2.20. The van der Waals surface area contributed by atoms with Crippen molar-refractivity contribution in [3.8, 4) is 11.3 Å². The molecule has 0 bridgehead atoms. The molecular formula is C29H36N2O. The summed E-state index contributed by atoms with van der Waals surface area (Å²) in [5.41, 5.74) is 8.79. The number of allylic oxidation sites excluding steroid dienone is 2. The smallest absolute Gasteiger partial charge is 0.0868 e. The Kier molecular flexibility index (Phi) is 6.38. The Bertz CT molecular complexity index is 1150. The zero-order valence-electron chi connectivity index (χ0n) is 19.4. The summed E-state index contributed by atoms with van der Waals surface area (Å²) in [5, 5.41) is 10.8. The number of unbranched alkanes of at least 4 members (excludes halogenated alkanes) is 1. The summed E-state index contributed by atoms with van der Waals surface area (Å²) >= 11 is 0. The fourth-order valence-corrected chi connectivity index (χ4v) is 4.32. The Morgan fingerprint density at radius 1 is 1.16 bits per heavy atom. The van der Waals surface area contributed by atoms with Crippen molar-refractivity contribution in [2.24, 2.45) is 0 Å². The van der Waals surface area contributed by atoms with Gasteiger partial charge in [0.25, 0.3) is 0 Å². The molecule has 1 aliphatic carbocycles. The number of hydrogen-bond donors (Lipinski definition) is 1. The molecule has 2 aromatic heterocycles. The van der Waals surface area contributed by atoms with Crippen molar-refractivity contribution in [3.05, 3.63) is 95.0 Å². The van der Waals surface area contributed by atoms with E-state index >= 15 is 0 Å². The van der Waals surface area contributed by atoms with Crippen LogP contribution in [-0.4, -0.2) is 15.1 Å². The molecule has 0 saturated heterocycles. The summed E-state index contributed by atoms with van der Waals surface area (Å²) in [4.78, 5) is 9.51. The lowest BCUT2D eigenvalue weighted by atomic mass is 9.87. The van der Waals surface area contributed by atoms with Crippen molar-refractivity contribution in [1.29, 1.82) is 0 Å². The molecule has 168 valence electrons. The van der Waals surface area contributed by atoms with Crippen LogP contribution < -0.4 is 0 Å². The van der Waals surface area contributed by atoms with Gasteiger partial charge in [-0.1, -0.05) is 62.8 Å². The average molecular weight is 429 g/mol. The summed E-state index contributed by atoms with van der Waals surface area (Å²) in [5.74, 6) is 0. The van der Waals surface area contributed by atoms with Gasteiger partial charge in [-0.05, 0) is 67.2 Å². The van der Waals surface area contributed by atoms with Crippen LogP contribution in [0.5, 0.6) is 0 Å². The fourth-order valence-electron chi connectivity index (χ4n) is 4.32. The summed E-state index contributed by atoms with van der Waals surface area (Å²) in [6.07, 6.45) is 10.7. The highest BCUT2D eigenvalue weighted by molar-refractivity contribution is 5.81. The summed E-state index contributed by atoms with van der Waals surface area (Å²) < 4.78 is 0. The molecule has 3 aromatic rings.